The van der Waals surface area contributed by atoms with E-state index in [1.807, 2.05) is 0 Å². The molecule has 1 saturated carbocycles. The number of halogens is 2. The molecule has 1 heterocycles. The Kier molecular flexibility index (Phi) is 3.48. The van der Waals surface area contributed by atoms with Crippen LogP contribution in [0.3, 0.4) is 0 Å². The Morgan fingerprint density at radius 1 is 1.44 bits per heavy atom. The van der Waals surface area contributed by atoms with Crippen molar-refractivity contribution in [2.24, 2.45) is 11.7 Å². The number of aromatic nitrogens is 3. The molecule has 2 N–H and O–H groups in total. The Labute approximate surface area is 92.8 Å². The van der Waals surface area contributed by atoms with Crippen LogP contribution in [0.2, 0.25) is 0 Å². The molecular weight excluding hydrogens is 214 g/mol. The summed E-state index contributed by atoms with van der Waals surface area (Å²) in [5, 5.41) is 7.57. The first kappa shape index (κ1) is 11.4. The van der Waals surface area contributed by atoms with Crippen molar-refractivity contribution in [2.45, 2.75) is 38.7 Å². The lowest BCUT2D eigenvalue weighted by Gasteiger charge is -2.06. The number of nitrogens with two attached hydrogens (primary N) is 1. The van der Waals surface area contributed by atoms with Crippen LogP contribution in [0.25, 0.3) is 0 Å². The van der Waals surface area contributed by atoms with Gasteiger partial charge in [0.2, 0.25) is 0 Å². The lowest BCUT2D eigenvalue weighted by Crippen LogP contribution is -2.09. The van der Waals surface area contributed by atoms with Gasteiger partial charge >= 0.3 is 0 Å². The van der Waals surface area contributed by atoms with Gasteiger partial charge in [-0.25, -0.2) is 13.5 Å². The highest BCUT2D eigenvalue weighted by molar-refractivity contribution is 5.12. The van der Waals surface area contributed by atoms with Crippen molar-refractivity contribution < 1.29 is 8.78 Å². The van der Waals surface area contributed by atoms with Crippen molar-refractivity contribution in [1.82, 2.24) is 15.0 Å². The number of aryl methyl sites for hydroxylation is 1. The van der Waals surface area contributed by atoms with Crippen molar-refractivity contribution in [1.29, 1.82) is 0 Å². The van der Waals surface area contributed by atoms with Crippen LogP contribution >= 0.6 is 0 Å². The third kappa shape index (κ3) is 2.55. The van der Waals surface area contributed by atoms with Crippen molar-refractivity contribution in [2.75, 3.05) is 6.54 Å². The van der Waals surface area contributed by atoms with E-state index in [9.17, 15) is 8.78 Å². The van der Waals surface area contributed by atoms with E-state index in [1.54, 1.807) is 0 Å². The van der Waals surface area contributed by atoms with Gasteiger partial charge in [-0.05, 0) is 18.9 Å². The molecule has 0 radical (unpaired) electrons. The van der Waals surface area contributed by atoms with Gasteiger partial charge in [-0.2, -0.15) is 0 Å². The minimum Gasteiger partial charge on any atom is -0.330 e. The van der Waals surface area contributed by atoms with E-state index in [-0.39, 0.29) is 5.69 Å². The van der Waals surface area contributed by atoms with Crippen LogP contribution < -0.4 is 5.73 Å². The number of rotatable bonds is 6. The summed E-state index contributed by atoms with van der Waals surface area (Å²) in [6.45, 7) is 0.864. The number of nitrogens with zero attached hydrogens (tertiary/aromatic N) is 3. The van der Waals surface area contributed by atoms with Crippen LogP contribution in [0.15, 0.2) is 0 Å². The normalized spacial score (nSPS) is 16.0. The second-order valence-corrected chi connectivity index (χ2v) is 4.22. The SMILES string of the molecule is NCCc1nnn(CCC2CC2)c1C(F)F. The zero-order chi connectivity index (χ0) is 11.5. The highest BCUT2D eigenvalue weighted by Gasteiger charge is 2.24. The molecule has 1 aliphatic rings. The molecule has 1 aromatic heterocycles. The van der Waals surface area contributed by atoms with E-state index < -0.39 is 6.43 Å². The van der Waals surface area contributed by atoms with Gasteiger partial charge in [-0.15, -0.1) is 5.10 Å². The molecule has 4 nitrogen and oxygen atoms in total. The Morgan fingerprint density at radius 2 is 2.19 bits per heavy atom. The second-order valence-electron chi connectivity index (χ2n) is 4.22. The van der Waals surface area contributed by atoms with Gasteiger partial charge in [0.15, 0.2) is 0 Å². The maximum absolute atomic E-state index is 12.8. The zero-order valence-electron chi connectivity index (χ0n) is 9.07. The van der Waals surface area contributed by atoms with E-state index >= 15 is 0 Å². The minimum absolute atomic E-state index is 0.0499. The third-order valence-corrected chi connectivity index (χ3v) is 2.88. The van der Waals surface area contributed by atoms with E-state index in [0.29, 0.717) is 31.1 Å². The molecule has 2 rings (SSSR count). The van der Waals surface area contributed by atoms with Crippen molar-refractivity contribution >= 4 is 0 Å². The average Bonchev–Trinajstić information content (AvgIpc) is 2.98. The summed E-state index contributed by atoms with van der Waals surface area (Å²) in [7, 11) is 0. The van der Waals surface area contributed by atoms with Crippen LogP contribution in [-0.2, 0) is 13.0 Å². The highest BCUT2D eigenvalue weighted by Crippen LogP contribution is 2.33. The smallest absolute Gasteiger partial charge is 0.281 e. The van der Waals surface area contributed by atoms with Crippen molar-refractivity contribution in [3.63, 3.8) is 0 Å². The van der Waals surface area contributed by atoms with Gasteiger partial charge in [0.05, 0.1) is 5.69 Å². The maximum Gasteiger partial charge on any atom is 0.281 e. The summed E-state index contributed by atoms with van der Waals surface area (Å²) in [6, 6.07) is 0. The van der Waals surface area contributed by atoms with E-state index in [1.165, 1.54) is 17.5 Å². The van der Waals surface area contributed by atoms with Gasteiger partial charge in [-0.1, -0.05) is 18.1 Å². The molecule has 0 aliphatic heterocycles. The fraction of sp³-hybridized carbons (Fsp3) is 0.800. The highest BCUT2D eigenvalue weighted by atomic mass is 19.3. The summed E-state index contributed by atoms with van der Waals surface area (Å²) in [5.74, 6) is 0.702. The monoisotopic (exact) mass is 230 g/mol. The van der Waals surface area contributed by atoms with Gasteiger partial charge < -0.3 is 5.73 Å². The second kappa shape index (κ2) is 4.86. The number of hydrogen-bond acceptors (Lipinski definition) is 3. The first-order chi connectivity index (χ1) is 7.72. The molecular formula is C10H16F2N4. The summed E-state index contributed by atoms with van der Waals surface area (Å²) in [4.78, 5) is 0. The van der Waals surface area contributed by atoms with Crippen molar-refractivity contribution in [3.05, 3.63) is 11.4 Å². The predicted molar refractivity (Wildman–Crippen MR) is 55.1 cm³/mol. The molecule has 0 saturated heterocycles. The first-order valence-electron chi connectivity index (χ1n) is 5.63. The molecule has 0 spiro atoms. The lowest BCUT2D eigenvalue weighted by atomic mass is 10.2. The van der Waals surface area contributed by atoms with Crippen molar-refractivity contribution in [3.8, 4) is 0 Å². The van der Waals surface area contributed by atoms with Gasteiger partial charge in [0, 0.05) is 13.0 Å². The van der Waals surface area contributed by atoms with Crippen LogP contribution in [0.5, 0.6) is 0 Å². The summed E-state index contributed by atoms with van der Waals surface area (Å²) in [6.07, 6.45) is 1.20. The summed E-state index contributed by atoms with van der Waals surface area (Å²) >= 11 is 0. The standard InChI is InChI=1S/C10H16F2N4/c11-10(12)9-8(3-5-13)14-15-16(9)6-4-7-1-2-7/h7,10H,1-6,13H2. The molecule has 1 aromatic rings. The predicted octanol–water partition coefficient (Wildman–Crippen LogP) is 1.52. The maximum atomic E-state index is 12.8. The fourth-order valence-electron chi connectivity index (χ4n) is 1.79. The molecule has 0 bridgehead atoms. The average molecular weight is 230 g/mol. The quantitative estimate of drug-likeness (QED) is 0.806. The van der Waals surface area contributed by atoms with E-state index in [4.69, 9.17) is 5.73 Å². The van der Waals surface area contributed by atoms with Crippen LogP contribution in [0.1, 0.15) is 37.1 Å². The molecule has 0 unspecified atom stereocenters. The van der Waals surface area contributed by atoms with Crippen LogP contribution in [-0.4, -0.2) is 21.5 Å². The summed E-state index contributed by atoms with van der Waals surface area (Å²) < 4.78 is 27.0. The van der Waals surface area contributed by atoms with Crippen LogP contribution in [0.4, 0.5) is 8.78 Å². The Hall–Kier alpha value is -1.04. The first-order valence-corrected chi connectivity index (χ1v) is 5.63. The van der Waals surface area contributed by atoms with Gasteiger partial charge in [0.1, 0.15) is 5.69 Å². The Balaban J connectivity index is 2.08. The fourth-order valence-corrected chi connectivity index (χ4v) is 1.79. The molecule has 0 atom stereocenters. The molecule has 0 aromatic carbocycles. The third-order valence-electron chi connectivity index (χ3n) is 2.88. The minimum atomic E-state index is -2.52. The Bertz CT molecular complexity index is 347. The lowest BCUT2D eigenvalue weighted by molar-refractivity contribution is 0.137. The summed E-state index contributed by atoms with van der Waals surface area (Å²) in [5.41, 5.74) is 5.64. The van der Waals surface area contributed by atoms with Gasteiger partial charge in [-0.3, -0.25) is 0 Å². The zero-order valence-corrected chi connectivity index (χ0v) is 9.07. The molecule has 16 heavy (non-hydrogen) atoms. The number of alkyl halides is 2. The molecule has 90 valence electrons. The van der Waals surface area contributed by atoms with Gasteiger partial charge in [0.25, 0.3) is 6.43 Å². The van der Waals surface area contributed by atoms with Crippen LogP contribution in [0, 0.1) is 5.92 Å². The topological polar surface area (TPSA) is 56.7 Å². The molecule has 6 heteroatoms. The molecule has 1 aliphatic carbocycles. The number of hydrogen-bond donors (Lipinski definition) is 1. The largest absolute Gasteiger partial charge is 0.330 e. The Morgan fingerprint density at radius 3 is 2.75 bits per heavy atom. The van der Waals surface area contributed by atoms with E-state index in [2.05, 4.69) is 10.3 Å². The van der Waals surface area contributed by atoms with E-state index in [0.717, 1.165) is 6.42 Å². The molecule has 0 amide bonds. The molecule has 1 fully saturated rings.